The van der Waals surface area contributed by atoms with Crippen LogP contribution >= 0.6 is 12.2 Å². The number of benzene rings is 2. The van der Waals surface area contributed by atoms with Crippen molar-refractivity contribution in [1.29, 1.82) is 0 Å². The third-order valence-corrected chi connectivity index (χ3v) is 5.46. The lowest BCUT2D eigenvalue weighted by atomic mass is 10.0. The van der Waals surface area contributed by atoms with Crippen molar-refractivity contribution in [2.24, 2.45) is 7.05 Å². The fraction of sp³-hybridized carbons (Fsp3) is 0.368. The first-order chi connectivity index (χ1) is 12.2. The maximum atomic E-state index is 5.38. The summed E-state index contributed by atoms with van der Waals surface area (Å²) >= 11 is 5.38. The first-order valence-corrected chi connectivity index (χ1v) is 9.11. The van der Waals surface area contributed by atoms with E-state index in [0.29, 0.717) is 0 Å². The van der Waals surface area contributed by atoms with Crippen LogP contribution in [0.4, 0.5) is 0 Å². The molecule has 130 valence electrons. The highest BCUT2D eigenvalue weighted by Gasteiger charge is 2.18. The SMILES string of the molecule is Cn1cnn(CN2CCN(Cc3cccc4ccccc34)CC2)c1=S. The van der Waals surface area contributed by atoms with Crippen molar-refractivity contribution in [3.05, 3.63) is 59.1 Å². The van der Waals surface area contributed by atoms with E-state index < -0.39 is 0 Å². The largest absolute Gasteiger partial charge is 0.310 e. The zero-order valence-corrected chi connectivity index (χ0v) is 15.3. The summed E-state index contributed by atoms with van der Waals surface area (Å²) < 4.78 is 4.56. The van der Waals surface area contributed by atoms with Crippen LogP contribution in [0, 0.1) is 4.77 Å². The van der Waals surface area contributed by atoms with E-state index in [9.17, 15) is 0 Å². The summed E-state index contributed by atoms with van der Waals surface area (Å²) in [5, 5.41) is 7.04. The molecular formula is C19H23N5S. The number of hydrogen-bond donors (Lipinski definition) is 0. The van der Waals surface area contributed by atoms with Gasteiger partial charge < -0.3 is 4.57 Å². The van der Waals surface area contributed by atoms with Crippen molar-refractivity contribution in [3.63, 3.8) is 0 Å². The van der Waals surface area contributed by atoms with E-state index >= 15 is 0 Å². The molecule has 0 spiro atoms. The molecule has 3 aromatic rings. The molecule has 5 nitrogen and oxygen atoms in total. The number of aromatic nitrogens is 3. The van der Waals surface area contributed by atoms with Gasteiger partial charge >= 0.3 is 0 Å². The van der Waals surface area contributed by atoms with Gasteiger partial charge in [0.2, 0.25) is 0 Å². The molecule has 0 N–H and O–H groups in total. The van der Waals surface area contributed by atoms with Gasteiger partial charge in [-0.05, 0) is 28.6 Å². The molecule has 1 aromatic heterocycles. The maximum absolute atomic E-state index is 5.38. The molecule has 1 saturated heterocycles. The Labute approximate surface area is 153 Å². The molecule has 0 unspecified atom stereocenters. The first-order valence-electron chi connectivity index (χ1n) is 8.70. The van der Waals surface area contributed by atoms with Crippen LogP contribution in [0.5, 0.6) is 0 Å². The number of nitrogens with zero attached hydrogens (tertiary/aromatic N) is 5. The Hall–Kier alpha value is -2.02. The second kappa shape index (κ2) is 7.07. The van der Waals surface area contributed by atoms with E-state index in [1.165, 1.54) is 16.3 Å². The standard InChI is InChI=1S/C19H23N5S/c1-21-14-20-24(19(21)25)15-23-11-9-22(10-12-23)13-17-7-4-6-16-5-2-3-8-18(16)17/h2-8,14H,9-13,15H2,1H3. The molecule has 0 saturated carbocycles. The average molecular weight is 353 g/mol. The van der Waals surface area contributed by atoms with Crippen molar-refractivity contribution in [3.8, 4) is 0 Å². The highest BCUT2D eigenvalue weighted by atomic mass is 32.1. The van der Waals surface area contributed by atoms with E-state index in [0.717, 1.165) is 44.2 Å². The fourth-order valence-electron chi connectivity index (χ4n) is 3.47. The molecular weight excluding hydrogens is 330 g/mol. The lowest BCUT2D eigenvalue weighted by Crippen LogP contribution is -2.46. The summed E-state index contributed by atoms with van der Waals surface area (Å²) in [6, 6.07) is 15.2. The van der Waals surface area contributed by atoms with Gasteiger partial charge in [0.05, 0.1) is 6.67 Å². The van der Waals surface area contributed by atoms with E-state index in [-0.39, 0.29) is 0 Å². The van der Waals surface area contributed by atoms with Crippen LogP contribution in [-0.2, 0) is 20.3 Å². The average Bonchev–Trinajstić information content (AvgIpc) is 2.96. The van der Waals surface area contributed by atoms with Gasteiger partial charge in [0, 0.05) is 39.8 Å². The summed E-state index contributed by atoms with van der Waals surface area (Å²) in [6.07, 6.45) is 1.78. The molecule has 1 aliphatic heterocycles. The minimum Gasteiger partial charge on any atom is -0.310 e. The minimum atomic E-state index is 0.776. The Morgan fingerprint density at radius 1 is 0.960 bits per heavy atom. The molecule has 4 rings (SSSR count). The number of hydrogen-bond acceptors (Lipinski definition) is 4. The summed E-state index contributed by atoms with van der Waals surface area (Å²) in [5.74, 6) is 0. The van der Waals surface area contributed by atoms with Gasteiger partial charge in [0.15, 0.2) is 4.77 Å². The highest BCUT2D eigenvalue weighted by molar-refractivity contribution is 7.71. The zero-order chi connectivity index (χ0) is 17.2. The van der Waals surface area contributed by atoms with E-state index in [2.05, 4.69) is 57.4 Å². The second-order valence-corrected chi connectivity index (χ2v) is 7.06. The van der Waals surface area contributed by atoms with Gasteiger partial charge in [-0.1, -0.05) is 42.5 Å². The summed E-state index contributed by atoms with van der Waals surface area (Å²) in [4.78, 5) is 4.96. The van der Waals surface area contributed by atoms with Gasteiger partial charge in [0.1, 0.15) is 6.33 Å². The van der Waals surface area contributed by atoms with Gasteiger partial charge in [-0.3, -0.25) is 9.80 Å². The molecule has 0 bridgehead atoms. The predicted molar refractivity (Wildman–Crippen MR) is 103 cm³/mol. The molecule has 2 aromatic carbocycles. The minimum absolute atomic E-state index is 0.776. The van der Waals surface area contributed by atoms with Gasteiger partial charge in [-0.15, -0.1) is 0 Å². The molecule has 0 atom stereocenters. The van der Waals surface area contributed by atoms with E-state index in [1.54, 1.807) is 6.33 Å². The highest BCUT2D eigenvalue weighted by Crippen LogP contribution is 2.20. The monoisotopic (exact) mass is 353 g/mol. The van der Waals surface area contributed by atoms with Crippen LogP contribution in [0.2, 0.25) is 0 Å². The lowest BCUT2D eigenvalue weighted by molar-refractivity contribution is 0.0983. The van der Waals surface area contributed by atoms with Crippen LogP contribution in [0.1, 0.15) is 5.56 Å². The Morgan fingerprint density at radius 3 is 2.44 bits per heavy atom. The van der Waals surface area contributed by atoms with Gasteiger partial charge in [-0.2, -0.15) is 5.10 Å². The molecule has 1 aliphatic rings. The predicted octanol–water partition coefficient (Wildman–Crippen LogP) is 2.88. The Kier molecular flexibility index (Phi) is 4.65. The molecule has 25 heavy (non-hydrogen) atoms. The van der Waals surface area contributed by atoms with Crippen molar-refractivity contribution in [2.75, 3.05) is 26.2 Å². The normalized spacial score (nSPS) is 16.5. The summed E-state index contributed by atoms with van der Waals surface area (Å²) in [6.45, 7) is 6.03. The van der Waals surface area contributed by atoms with Crippen molar-refractivity contribution in [2.45, 2.75) is 13.2 Å². The molecule has 0 radical (unpaired) electrons. The maximum Gasteiger partial charge on any atom is 0.198 e. The van der Waals surface area contributed by atoms with Crippen LogP contribution in [0.25, 0.3) is 10.8 Å². The van der Waals surface area contributed by atoms with Crippen LogP contribution < -0.4 is 0 Å². The molecule has 1 fully saturated rings. The number of rotatable bonds is 4. The van der Waals surface area contributed by atoms with Crippen LogP contribution in [0.15, 0.2) is 48.8 Å². The topological polar surface area (TPSA) is 29.2 Å². The first kappa shape index (κ1) is 16.4. The number of piperazine rings is 1. The van der Waals surface area contributed by atoms with Crippen molar-refractivity contribution >= 4 is 23.0 Å². The van der Waals surface area contributed by atoms with Gasteiger partial charge in [0.25, 0.3) is 0 Å². The Balaban J connectivity index is 1.39. The summed E-state index contributed by atoms with van der Waals surface area (Å²) in [5.41, 5.74) is 1.42. The van der Waals surface area contributed by atoms with Crippen molar-refractivity contribution in [1.82, 2.24) is 24.1 Å². The third-order valence-electron chi connectivity index (χ3n) is 4.96. The Bertz CT molecular complexity index is 915. The third kappa shape index (κ3) is 3.51. The fourth-order valence-corrected chi connectivity index (χ4v) is 3.62. The molecule has 0 aliphatic carbocycles. The Morgan fingerprint density at radius 2 is 1.68 bits per heavy atom. The molecule has 0 amide bonds. The smallest absolute Gasteiger partial charge is 0.198 e. The van der Waals surface area contributed by atoms with Crippen LogP contribution in [0.3, 0.4) is 0 Å². The van der Waals surface area contributed by atoms with Gasteiger partial charge in [-0.25, -0.2) is 4.68 Å². The number of aryl methyl sites for hydroxylation is 1. The van der Waals surface area contributed by atoms with E-state index in [1.807, 2.05) is 16.3 Å². The second-order valence-electron chi connectivity index (χ2n) is 6.70. The lowest BCUT2D eigenvalue weighted by Gasteiger charge is -2.34. The van der Waals surface area contributed by atoms with E-state index in [4.69, 9.17) is 12.2 Å². The van der Waals surface area contributed by atoms with Crippen LogP contribution in [-0.4, -0.2) is 50.3 Å². The quantitative estimate of drug-likeness (QED) is 0.675. The molecule has 6 heteroatoms. The van der Waals surface area contributed by atoms with Crippen molar-refractivity contribution < 1.29 is 0 Å². The molecule has 2 heterocycles. The number of fused-ring (bicyclic) bond motifs is 1. The summed E-state index contributed by atoms with van der Waals surface area (Å²) in [7, 11) is 1.94. The zero-order valence-electron chi connectivity index (χ0n) is 14.5.